The molecule has 1 aromatic rings. The molecule has 2 heterocycles. The zero-order valence-electron chi connectivity index (χ0n) is 14.5. The first-order valence-electron chi connectivity index (χ1n) is 9.92. The van der Waals surface area contributed by atoms with Gasteiger partial charge in [0.25, 0.3) is 0 Å². The van der Waals surface area contributed by atoms with E-state index in [0.29, 0.717) is 5.41 Å². The normalized spacial score (nSPS) is 37.5. The van der Waals surface area contributed by atoms with Crippen molar-refractivity contribution in [3.63, 3.8) is 0 Å². The summed E-state index contributed by atoms with van der Waals surface area (Å²) < 4.78 is 0. The Morgan fingerprint density at radius 3 is 2.17 bits per heavy atom. The van der Waals surface area contributed by atoms with Crippen LogP contribution in [-0.4, -0.2) is 18.1 Å². The van der Waals surface area contributed by atoms with Crippen LogP contribution in [0, 0.1) is 29.1 Å². The Balaban J connectivity index is 1.53. The lowest BCUT2D eigenvalue weighted by molar-refractivity contribution is -0.00716. The first-order chi connectivity index (χ1) is 11.8. The molecule has 0 aromatic carbocycles. The van der Waals surface area contributed by atoms with Crippen molar-refractivity contribution in [1.29, 1.82) is 5.26 Å². The van der Waals surface area contributed by atoms with Gasteiger partial charge >= 0.3 is 0 Å². The number of hydrogen-bond donors (Lipinski definition) is 0. The molecule has 6 rings (SSSR count). The van der Waals surface area contributed by atoms with Crippen LogP contribution in [0.2, 0.25) is 0 Å². The summed E-state index contributed by atoms with van der Waals surface area (Å²) in [6.45, 7) is 2.12. The van der Waals surface area contributed by atoms with Gasteiger partial charge in [0.05, 0.1) is 5.56 Å². The van der Waals surface area contributed by atoms with Crippen LogP contribution in [0.15, 0.2) is 12.1 Å². The fourth-order valence-corrected chi connectivity index (χ4v) is 6.60. The number of anilines is 1. The Morgan fingerprint density at radius 2 is 1.58 bits per heavy atom. The minimum Gasteiger partial charge on any atom is -0.356 e. The molecule has 4 saturated carbocycles. The molecular weight excluding hydrogens is 294 g/mol. The van der Waals surface area contributed by atoms with Crippen molar-refractivity contribution in [2.24, 2.45) is 17.8 Å². The number of nitriles is 1. The van der Waals surface area contributed by atoms with Crippen LogP contribution < -0.4 is 4.90 Å². The minimum atomic E-state index is 0.327. The van der Waals surface area contributed by atoms with Crippen molar-refractivity contribution in [1.82, 2.24) is 4.98 Å². The maximum absolute atomic E-state index is 9.56. The summed E-state index contributed by atoms with van der Waals surface area (Å²) in [5, 5.41) is 9.56. The SMILES string of the molecule is N#Cc1ccc(C23CC4CC(CC(C4)C2)C3)nc1N1CCCCC1. The smallest absolute Gasteiger partial charge is 0.146 e. The average molecular weight is 321 g/mol. The fraction of sp³-hybridized carbons (Fsp3) is 0.714. The van der Waals surface area contributed by atoms with E-state index in [4.69, 9.17) is 4.98 Å². The Bertz CT molecular complexity index is 646. The van der Waals surface area contributed by atoms with Crippen LogP contribution in [-0.2, 0) is 5.41 Å². The topological polar surface area (TPSA) is 39.9 Å². The Kier molecular flexibility index (Phi) is 3.37. The van der Waals surface area contributed by atoms with Crippen molar-refractivity contribution in [3.05, 3.63) is 23.4 Å². The molecular formula is C21H27N3. The summed E-state index contributed by atoms with van der Waals surface area (Å²) in [5.74, 6) is 3.79. The lowest BCUT2D eigenvalue weighted by Crippen LogP contribution is -2.49. The summed E-state index contributed by atoms with van der Waals surface area (Å²) in [6, 6.07) is 6.64. The van der Waals surface area contributed by atoms with Gasteiger partial charge in [-0.05, 0) is 87.7 Å². The molecule has 5 fully saturated rings. The molecule has 0 atom stereocenters. The fourth-order valence-electron chi connectivity index (χ4n) is 6.60. The van der Waals surface area contributed by atoms with Gasteiger partial charge in [-0.2, -0.15) is 5.26 Å². The van der Waals surface area contributed by atoms with Gasteiger partial charge in [-0.1, -0.05) is 0 Å². The van der Waals surface area contributed by atoms with Gasteiger partial charge in [-0.3, -0.25) is 0 Å². The van der Waals surface area contributed by atoms with Gasteiger partial charge in [0.2, 0.25) is 0 Å². The number of rotatable bonds is 2. The predicted octanol–water partition coefficient (Wildman–Crippen LogP) is 4.41. The molecule has 0 spiro atoms. The summed E-state index contributed by atoms with van der Waals surface area (Å²) >= 11 is 0. The van der Waals surface area contributed by atoms with Crippen LogP contribution in [0.25, 0.3) is 0 Å². The monoisotopic (exact) mass is 321 g/mol. The van der Waals surface area contributed by atoms with E-state index in [-0.39, 0.29) is 0 Å². The Labute approximate surface area is 145 Å². The second-order valence-electron chi connectivity index (χ2n) is 8.93. The molecule has 5 aliphatic rings. The number of pyridine rings is 1. The molecule has 126 valence electrons. The zero-order valence-corrected chi connectivity index (χ0v) is 14.5. The van der Waals surface area contributed by atoms with Crippen LogP contribution in [0.3, 0.4) is 0 Å². The maximum Gasteiger partial charge on any atom is 0.146 e. The minimum absolute atomic E-state index is 0.327. The van der Waals surface area contributed by atoms with E-state index >= 15 is 0 Å². The summed E-state index contributed by atoms with van der Waals surface area (Å²) in [7, 11) is 0. The first-order valence-corrected chi connectivity index (χ1v) is 9.92. The molecule has 0 radical (unpaired) electrons. The third kappa shape index (κ3) is 2.26. The largest absolute Gasteiger partial charge is 0.356 e. The summed E-state index contributed by atoms with van der Waals surface area (Å²) in [5.41, 5.74) is 2.40. The molecule has 3 nitrogen and oxygen atoms in total. The lowest BCUT2D eigenvalue weighted by atomic mass is 9.49. The number of nitrogens with zero attached hydrogens (tertiary/aromatic N) is 3. The van der Waals surface area contributed by atoms with Gasteiger partial charge in [-0.25, -0.2) is 4.98 Å². The van der Waals surface area contributed by atoms with E-state index < -0.39 is 0 Å². The van der Waals surface area contributed by atoms with E-state index in [1.54, 1.807) is 0 Å². The molecule has 4 bridgehead atoms. The van der Waals surface area contributed by atoms with E-state index in [2.05, 4.69) is 23.1 Å². The third-order valence-corrected chi connectivity index (χ3v) is 7.23. The quantitative estimate of drug-likeness (QED) is 0.810. The summed E-state index contributed by atoms with van der Waals surface area (Å²) in [4.78, 5) is 7.53. The molecule has 1 saturated heterocycles. The van der Waals surface area contributed by atoms with Gasteiger partial charge < -0.3 is 4.90 Å². The highest BCUT2D eigenvalue weighted by Gasteiger charge is 2.52. The Morgan fingerprint density at radius 1 is 0.958 bits per heavy atom. The average Bonchev–Trinajstić information content (AvgIpc) is 2.61. The second-order valence-corrected chi connectivity index (χ2v) is 8.93. The van der Waals surface area contributed by atoms with Gasteiger partial charge in [0.15, 0.2) is 0 Å². The standard InChI is InChI=1S/C21H27N3/c22-14-18-4-5-19(23-20(18)24-6-2-1-3-7-24)21-11-15-8-16(12-21)10-17(9-15)13-21/h4-5,15-17H,1-3,6-13H2. The highest BCUT2D eigenvalue weighted by molar-refractivity contribution is 5.55. The van der Waals surface area contributed by atoms with Crippen molar-refractivity contribution in [3.8, 4) is 6.07 Å². The predicted molar refractivity (Wildman–Crippen MR) is 94.9 cm³/mol. The van der Waals surface area contributed by atoms with Crippen LogP contribution >= 0.6 is 0 Å². The lowest BCUT2D eigenvalue weighted by Gasteiger charge is -2.56. The van der Waals surface area contributed by atoms with Gasteiger partial charge in [0.1, 0.15) is 11.9 Å². The van der Waals surface area contributed by atoms with E-state index in [1.807, 2.05) is 0 Å². The third-order valence-electron chi connectivity index (χ3n) is 7.23. The maximum atomic E-state index is 9.56. The van der Waals surface area contributed by atoms with Crippen molar-refractivity contribution in [2.75, 3.05) is 18.0 Å². The molecule has 1 aliphatic heterocycles. The number of piperidine rings is 1. The van der Waals surface area contributed by atoms with Crippen molar-refractivity contribution in [2.45, 2.75) is 63.2 Å². The number of hydrogen-bond acceptors (Lipinski definition) is 3. The van der Waals surface area contributed by atoms with E-state index in [0.717, 1.165) is 42.2 Å². The van der Waals surface area contributed by atoms with E-state index in [9.17, 15) is 5.26 Å². The Hall–Kier alpha value is -1.56. The molecule has 0 amide bonds. The summed E-state index contributed by atoms with van der Waals surface area (Å²) in [6.07, 6.45) is 12.2. The molecule has 0 unspecified atom stereocenters. The van der Waals surface area contributed by atoms with Crippen molar-refractivity contribution >= 4 is 5.82 Å². The molecule has 0 N–H and O–H groups in total. The number of aromatic nitrogens is 1. The van der Waals surface area contributed by atoms with E-state index in [1.165, 1.54) is 63.5 Å². The molecule has 24 heavy (non-hydrogen) atoms. The zero-order chi connectivity index (χ0) is 16.1. The van der Waals surface area contributed by atoms with Gasteiger partial charge in [-0.15, -0.1) is 0 Å². The van der Waals surface area contributed by atoms with Crippen molar-refractivity contribution < 1.29 is 0 Å². The van der Waals surface area contributed by atoms with Crippen LogP contribution in [0.1, 0.15) is 69.0 Å². The van der Waals surface area contributed by atoms with Gasteiger partial charge in [0, 0.05) is 24.2 Å². The molecule has 1 aromatic heterocycles. The highest BCUT2D eigenvalue weighted by atomic mass is 15.2. The van der Waals surface area contributed by atoms with Crippen LogP contribution in [0.5, 0.6) is 0 Å². The van der Waals surface area contributed by atoms with Crippen LogP contribution in [0.4, 0.5) is 5.82 Å². The highest BCUT2D eigenvalue weighted by Crippen LogP contribution is 2.60. The molecule has 3 heteroatoms. The second kappa shape index (κ2) is 5.48. The first kappa shape index (κ1) is 14.8. The molecule has 4 aliphatic carbocycles.